The molecule has 1 N–H and O–H groups in total. The molecule has 1 aliphatic carbocycles. The summed E-state index contributed by atoms with van der Waals surface area (Å²) in [5.41, 5.74) is 0.680. The Morgan fingerprint density at radius 2 is 1.92 bits per heavy atom. The van der Waals surface area contributed by atoms with Crippen molar-refractivity contribution in [1.29, 1.82) is 0 Å². The summed E-state index contributed by atoms with van der Waals surface area (Å²) in [6.07, 6.45) is 5.57. The summed E-state index contributed by atoms with van der Waals surface area (Å²) >= 11 is 0. The molecule has 2 rings (SSSR count). The molecule has 13 heavy (non-hydrogen) atoms. The molecule has 0 aromatic rings. The molecule has 0 unspecified atom stereocenters. The van der Waals surface area contributed by atoms with E-state index in [-0.39, 0.29) is 0 Å². The maximum Gasteiger partial charge on any atom is 0.0117 e. The lowest BCUT2D eigenvalue weighted by atomic mass is 10.0. The van der Waals surface area contributed by atoms with Crippen molar-refractivity contribution in [2.24, 2.45) is 5.41 Å². The minimum Gasteiger partial charge on any atom is -0.317 e. The summed E-state index contributed by atoms with van der Waals surface area (Å²) in [5.74, 6) is 0. The number of hydrogen-bond donors (Lipinski definition) is 1. The summed E-state index contributed by atoms with van der Waals surface area (Å²) in [7, 11) is 2.31. The monoisotopic (exact) mass is 182 g/mol. The molecule has 2 aliphatic rings. The highest BCUT2D eigenvalue weighted by molar-refractivity contribution is 4.92. The largest absolute Gasteiger partial charge is 0.317 e. The highest BCUT2D eigenvalue weighted by atomic mass is 15.1. The molecule has 0 aromatic carbocycles. The Balaban J connectivity index is 1.77. The first-order valence-corrected chi connectivity index (χ1v) is 5.61. The zero-order valence-electron chi connectivity index (χ0n) is 8.97. The van der Waals surface area contributed by atoms with Gasteiger partial charge in [0.1, 0.15) is 0 Å². The van der Waals surface area contributed by atoms with E-state index in [9.17, 15) is 0 Å². The van der Waals surface area contributed by atoms with Crippen LogP contribution in [0.5, 0.6) is 0 Å². The first-order chi connectivity index (χ1) is 6.20. The molecule has 1 heterocycles. The summed E-state index contributed by atoms with van der Waals surface area (Å²) < 4.78 is 0. The Morgan fingerprint density at radius 1 is 1.31 bits per heavy atom. The van der Waals surface area contributed by atoms with Gasteiger partial charge in [-0.25, -0.2) is 0 Å². The molecule has 1 aliphatic heterocycles. The van der Waals surface area contributed by atoms with Crippen LogP contribution in [-0.4, -0.2) is 37.6 Å². The molecule has 1 saturated heterocycles. The molecular weight excluding hydrogens is 160 g/mol. The van der Waals surface area contributed by atoms with E-state index in [1.54, 1.807) is 0 Å². The second-order valence-corrected chi connectivity index (χ2v) is 5.21. The summed E-state index contributed by atoms with van der Waals surface area (Å²) in [5, 5.41) is 3.42. The number of piperidine rings is 1. The fourth-order valence-corrected chi connectivity index (χ4v) is 2.35. The molecule has 0 spiro atoms. The molecule has 0 aromatic heterocycles. The molecular formula is C11H22N2. The van der Waals surface area contributed by atoms with E-state index in [0.29, 0.717) is 5.41 Å². The quantitative estimate of drug-likeness (QED) is 0.711. The number of nitrogens with zero attached hydrogens (tertiary/aromatic N) is 1. The minimum absolute atomic E-state index is 0.680. The first-order valence-electron chi connectivity index (χ1n) is 5.61. The highest BCUT2D eigenvalue weighted by Crippen LogP contribution is 2.45. The first kappa shape index (κ1) is 9.47. The van der Waals surface area contributed by atoms with Crippen LogP contribution in [-0.2, 0) is 0 Å². The van der Waals surface area contributed by atoms with Crippen LogP contribution in [0.1, 0.15) is 32.6 Å². The van der Waals surface area contributed by atoms with Crippen molar-refractivity contribution in [2.75, 3.05) is 26.7 Å². The summed E-state index contributed by atoms with van der Waals surface area (Å²) in [6, 6.07) is 0.846. The van der Waals surface area contributed by atoms with E-state index < -0.39 is 0 Å². The molecule has 2 nitrogen and oxygen atoms in total. The maximum absolute atomic E-state index is 3.42. The van der Waals surface area contributed by atoms with E-state index in [1.165, 1.54) is 45.3 Å². The SMILES string of the molecule is CN(CC1(C)CC1)C1CCNCC1. The topological polar surface area (TPSA) is 15.3 Å². The standard InChI is InChI=1S/C11H22N2/c1-11(5-6-11)9-13(2)10-3-7-12-8-4-10/h10,12H,3-9H2,1-2H3. The van der Waals surface area contributed by atoms with Crippen molar-refractivity contribution < 1.29 is 0 Å². The van der Waals surface area contributed by atoms with E-state index in [4.69, 9.17) is 0 Å². The smallest absolute Gasteiger partial charge is 0.0117 e. The lowest BCUT2D eigenvalue weighted by Crippen LogP contribution is -2.42. The van der Waals surface area contributed by atoms with Crippen molar-refractivity contribution in [1.82, 2.24) is 10.2 Å². The third-order valence-corrected chi connectivity index (χ3v) is 3.67. The van der Waals surface area contributed by atoms with E-state index in [0.717, 1.165) is 6.04 Å². The molecule has 2 heteroatoms. The van der Waals surface area contributed by atoms with Crippen molar-refractivity contribution in [2.45, 2.75) is 38.6 Å². The van der Waals surface area contributed by atoms with Crippen LogP contribution in [0.2, 0.25) is 0 Å². The van der Waals surface area contributed by atoms with Crippen molar-refractivity contribution in [3.05, 3.63) is 0 Å². The van der Waals surface area contributed by atoms with E-state index in [2.05, 4.69) is 24.2 Å². The summed E-state index contributed by atoms with van der Waals surface area (Å²) in [6.45, 7) is 6.17. The van der Waals surface area contributed by atoms with Gasteiger partial charge in [0.25, 0.3) is 0 Å². The molecule has 1 saturated carbocycles. The Kier molecular flexibility index (Phi) is 2.61. The maximum atomic E-state index is 3.42. The summed E-state index contributed by atoms with van der Waals surface area (Å²) in [4.78, 5) is 2.59. The predicted octanol–water partition coefficient (Wildman–Crippen LogP) is 1.47. The Labute approximate surface area is 81.7 Å². The highest BCUT2D eigenvalue weighted by Gasteiger charge is 2.39. The predicted molar refractivity (Wildman–Crippen MR) is 55.9 cm³/mol. The zero-order valence-corrected chi connectivity index (χ0v) is 8.97. The molecule has 0 amide bonds. The minimum atomic E-state index is 0.680. The molecule has 0 atom stereocenters. The van der Waals surface area contributed by atoms with Crippen LogP contribution in [0.15, 0.2) is 0 Å². The van der Waals surface area contributed by atoms with Gasteiger partial charge in [-0.1, -0.05) is 6.92 Å². The normalized spacial score (nSPS) is 27.9. The number of nitrogens with one attached hydrogen (secondary N) is 1. The lowest BCUT2D eigenvalue weighted by Gasteiger charge is -2.33. The van der Waals surface area contributed by atoms with Gasteiger partial charge in [0.15, 0.2) is 0 Å². The fourth-order valence-electron chi connectivity index (χ4n) is 2.35. The zero-order chi connectivity index (χ0) is 9.31. The van der Waals surface area contributed by atoms with E-state index in [1.807, 2.05) is 0 Å². The Bertz CT molecular complexity index is 169. The fraction of sp³-hybridized carbons (Fsp3) is 1.00. The van der Waals surface area contributed by atoms with Gasteiger partial charge < -0.3 is 10.2 Å². The average Bonchev–Trinajstić information content (AvgIpc) is 2.85. The van der Waals surface area contributed by atoms with E-state index >= 15 is 0 Å². The van der Waals surface area contributed by atoms with Gasteiger partial charge in [0.05, 0.1) is 0 Å². The van der Waals surface area contributed by atoms with Crippen LogP contribution >= 0.6 is 0 Å². The molecule has 0 bridgehead atoms. The second kappa shape index (κ2) is 3.58. The molecule has 0 radical (unpaired) electrons. The second-order valence-electron chi connectivity index (χ2n) is 5.21. The van der Waals surface area contributed by atoms with Crippen molar-refractivity contribution >= 4 is 0 Å². The van der Waals surface area contributed by atoms with Gasteiger partial charge in [0, 0.05) is 12.6 Å². The van der Waals surface area contributed by atoms with Crippen LogP contribution in [0.25, 0.3) is 0 Å². The Morgan fingerprint density at radius 3 is 2.46 bits per heavy atom. The third kappa shape index (κ3) is 2.44. The number of hydrogen-bond acceptors (Lipinski definition) is 2. The molecule has 2 fully saturated rings. The van der Waals surface area contributed by atoms with Gasteiger partial charge >= 0.3 is 0 Å². The van der Waals surface area contributed by atoms with Gasteiger partial charge in [-0.15, -0.1) is 0 Å². The van der Waals surface area contributed by atoms with Gasteiger partial charge in [0.2, 0.25) is 0 Å². The van der Waals surface area contributed by atoms with Gasteiger partial charge in [-0.3, -0.25) is 0 Å². The van der Waals surface area contributed by atoms with Gasteiger partial charge in [-0.05, 0) is 51.2 Å². The average molecular weight is 182 g/mol. The van der Waals surface area contributed by atoms with Crippen LogP contribution in [0.4, 0.5) is 0 Å². The Hall–Kier alpha value is -0.0800. The molecule has 76 valence electrons. The van der Waals surface area contributed by atoms with Crippen LogP contribution in [0, 0.1) is 5.41 Å². The van der Waals surface area contributed by atoms with Gasteiger partial charge in [-0.2, -0.15) is 0 Å². The lowest BCUT2D eigenvalue weighted by molar-refractivity contribution is 0.170. The van der Waals surface area contributed by atoms with Crippen molar-refractivity contribution in [3.63, 3.8) is 0 Å². The number of rotatable bonds is 3. The van der Waals surface area contributed by atoms with Crippen molar-refractivity contribution in [3.8, 4) is 0 Å². The van der Waals surface area contributed by atoms with Crippen LogP contribution < -0.4 is 5.32 Å². The third-order valence-electron chi connectivity index (χ3n) is 3.67. The van der Waals surface area contributed by atoms with Crippen LogP contribution in [0.3, 0.4) is 0 Å².